The Morgan fingerprint density at radius 2 is 0.902 bits per heavy atom. The molecule has 1 aliphatic rings. The van der Waals surface area contributed by atoms with Crippen molar-refractivity contribution in [2.75, 3.05) is 4.90 Å². The minimum Gasteiger partial charge on any atom is -0.456 e. The minimum absolute atomic E-state index is 0.624. The van der Waals surface area contributed by atoms with Crippen molar-refractivity contribution >= 4 is 50.8 Å². The van der Waals surface area contributed by atoms with E-state index >= 15 is 0 Å². The Balaban J connectivity index is 1.08. The maximum absolute atomic E-state index is 6.60. The molecule has 51 heavy (non-hydrogen) atoms. The third-order valence-electron chi connectivity index (χ3n) is 9.30. The fourth-order valence-corrected chi connectivity index (χ4v) is 7.97. The summed E-state index contributed by atoms with van der Waals surface area (Å²) in [5.41, 5.74) is 10.0. The average molecular weight is 673 g/mol. The van der Waals surface area contributed by atoms with Crippen molar-refractivity contribution in [2.24, 2.45) is 0 Å². The van der Waals surface area contributed by atoms with Crippen LogP contribution in [0, 0.1) is 0 Å². The Hall–Kier alpha value is -6.50. The fourth-order valence-electron chi connectivity index (χ4n) is 6.91. The van der Waals surface area contributed by atoms with Gasteiger partial charge in [-0.05, 0) is 65.7 Å². The maximum atomic E-state index is 6.60. The molecule has 0 N–H and O–H groups in total. The van der Waals surface area contributed by atoms with Crippen LogP contribution in [0.25, 0.3) is 67.2 Å². The van der Waals surface area contributed by atoms with Crippen LogP contribution in [0.5, 0.6) is 0 Å². The quantitative estimate of drug-likeness (QED) is 0.181. The summed E-state index contributed by atoms with van der Waals surface area (Å²) < 4.78 is 6.60. The molecule has 0 radical (unpaired) electrons. The number of aromatic nitrogens is 3. The van der Waals surface area contributed by atoms with E-state index in [-0.39, 0.29) is 0 Å². The number of hydrogen-bond acceptors (Lipinski definition) is 6. The maximum Gasteiger partial charge on any atom is 0.164 e. The molecular weight excluding hydrogens is 645 g/mol. The van der Waals surface area contributed by atoms with Crippen LogP contribution < -0.4 is 4.90 Å². The van der Waals surface area contributed by atoms with Crippen LogP contribution >= 0.6 is 11.8 Å². The van der Waals surface area contributed by atoms with Crippen LogP contribution in [0.1, 0.15) is 0 Å². The molecule has 0 amide bonds. The normalized spacial score (nSPS) is 12.2. The Kier molecular flexibility index (Phi) is 6.99. The van der Waals surface area contributed by atoms with Gasteiger partial charge in [-0.2, -0.15) is 0 Å². The molecule has 1 aliphatic heterocycles. The molecular formula is C45H28N4OS. The fraction of sp³-hybridized carbons (Fsp3) is 0. The van der Waals surface area contributed by atoms with Gasteiger partial charge in [0.2, 0.25) is 0 Å². The summed E-state index contributed by atoms with van der Waals surface area (Å²) in [6.45, 7) is 0. The minimum atomic E-state index is 0.624. The molecule has 10 rings (SSSR count). The van der Waals surface area contributed by atoms with Crippen LogP contribution in [-0.4, -0.2) is 15.0 Å². The van der Waals surface area contributed by atoms with Crippen molar-refractivity contribution < 1.29 is 4.42 Å². The molecule has 2 aromatic heterocycles. The standard InChI is InChI=1S/C45H28N4OS/c1-3-13-29(14-4-1)43-46-44(30-15-5-2-6-16-30)48-45(47-43)33-18-11-17-31(27-33)32-25-26-34-39(28-32)50-38-22-12-21-37(42(34)38)49-35-19-7-9-23-40(35)51-41-24-10-8-20-36(41)49/h1-28H. The second-order valence-corrected chi connectivity index (χ2v) is 13.5. The van der Waals surface area contributed by atoms with E-state index in [0.717, 1.165) is 55.4 Å². The van der Waals surface area contributed by atoms with Gasteiger partial charge < -0.3 is 9.32 Å². The Labute approximate surface area is 298 Å². The van der Waals surface area contributed by atoms with Crippen LogP contribution in [-0.2, 0) is 0 Å². The number of furan rings is 1. The molecule has 9 aromatic rings. The Bertz CT molecular complexity index is 2640. The lowest BCUT2D eigenvalue weighted by atomic mass is 10.0. The second-order valence-electron chi connectivity index (χ2n) is 12.5. The van der Waals surface area contributed by atoms with E-state index in [1.807, 2.05) is 72.4 Å². The SMILES string of the molecule is c1ccc(-c2nc(-c3ccccc3)nc(-c3cccc(-c4ccc5c(c4)oc4cccc(N6c7ccccc7Sc7ccccc76)c45)c3)n2)cc1. The van der Waals surface area contributed by atoms with Crippen molar-refractivity contribution in [2.45, 2.75) is 9.79 Å². The molecule has 0 aliphatic carbocycles. The highest BCUT2D eigenvalue weighted by atomic mass is 32.2. The molecule has 0 bridgehead atoms. The van der Waals surface area contributed by atoms with Gasteiger partial charge in [-0.25, -0.2) is 15.0 Å². The molecule has 0 atom stereocenters. The number of hydrogen-bond donors (Lipinski definition) is 0. The number of nitrogens with zero attached hydrogens (tertiary/aromatic N) is 4. The summed E-state index contributed by atoms with van der Waals surface area (Å²) in [6, 6.07) is 58.6. The lowest BCUT2D eigenvalue weighted by Gasteiger charge is -2.33. The van der Waals surface area contributed by atoms with Crippen LogP contribution in [0.3, 0.4) is 0 Å². The molecule has 0 saturated heterocycles. The summed E-state index contributed by atoms with van der Waals surface area (Å²) >= 11 is 1.81. The monoisotopic (exact) mass is 672 g/mol. The van der Waals surface area contributed by atoms with Gasteiger partial charge in [0, 0.05) is 31.9 Å². The highest BCUT2D eigenvalue weighted by Crippen LogP contribution is 2.53. The topological polar surface area (TPSA) is 55.1 Å². The summed E-state index contributed by atoms with van der Waals surface area (Å²) in [6.07, 6.45) is 0. The van der Waals surface area contributed by atoms with Crippen LogP contribution in [0.2, 0.25) is 0 Å². The van der Waals surface area contributed by atoms with Gasteiger partial charge in [0.05, 0.1) is 22.4 Å². The van der Waals surface area contributed by atoms with Crippen molar-refractivity contribution in [1.82, 2.24) is 15.0 Å². The third kappa shape index (κ3) is 5.16. The largest absolute Gasteiger partial charge is 0.456 e. The first-order valence-corrected chi connectivity index (χ1v) is 17.7. The van der Waals surface area contributed by atoms with E-state index in [4.69, 9.17) is 19.4 Å². The second kappa shape index (κ2) is 12.1. The van der Waals surface area contributed by atoms with Gasteiger partial charge in [-0.3, -0.25) is 0 Å². The highest BCUT2D eigenvalue weighted by molar-refractivity contribution is 7.99. The highest BCUT2D eigenvalue weighted by Gasteiger charge is 2.27. The summed E-state index contributed by atoms with van der Waals surface area (Å²) in [5, 5.41) is 2.17. The first kappa shape index (κ1) is 29.4. The van der Waals surface area contributed by atoms with Gasteiger partial charge in [0.15, 0.2) is 17.5 Å². The zero-order chi connectivity index (χ0) is 33.7. The number of benzene rings is 7. The van der Waals surface area contributed by atoms with E-state index in [0.29, 0.717) is 17.5 Å². The Morgan fingerprint density at radius 3 is 1.57 bits per heavy atom. The van der Waals surface area contributed by atoms with Gasteiger partial charge in [-0.15, -0.1) is 0 Å². The lowest BCUT2D eigenvalue weighted by Crippen LogP contribution is -2.14. The van der Waals surface area contributed by atoms with E-state index in [2.05, 4.69) is 114 Å². The number of fused-ring (bicyclic) bond motifs is 5. The van der Waals surface area contributed by atoms with E-state index < -0.39 is 0 Å². The summed E-state index contributed by atoms with van der Waals surface area (Å²) in [4.78, 5) is 19.6. The molecule has 0 unspecified atom stereocenters. The predicted molar refractivity (Wildman–Crippen MR) is 208 cm³/mol. The molecule has 240 valence electrons. The van der Waals surface area contributed by atoms with Crippen molar-refractivity contribution in [3.63, 3.8) is 0 Å². The first-order chi connectivity index (χ1) is 25.3. The molecule has 0 spiro atoms. The van der Waals surface area contributed by atoms with Crippen molar-refractivity contribution in [1.29, 1.82) is 0 Å². The molecule has 5 nitrogen and oxygen atoms in total. The lowest BCUT2D eigenvalue weighted by molar-refractivity contribution is 0.669. The Morgan fingerprint density at radius 1 is 0.392 bits per heavy atom. The molecule has 7 aromatic carbocycles. The summed E-state index contributed by atoms with van der Waals surface area (Å²) in [7, 11) is 0. The van der Waals surface area contributed by atoms with Crippen molar-refractivity contribution in [3.05, 3.63) is 170 Å². The molecule has 0 fully saturated rings. The van der Waals surface area contributed by atoms with Gasteiger partial charge in [0.1, 0.15) is 11.2 Å². The average Bonchev–Trinajstić information content (AvgIpc) is 3.59. The van der Waals surface area contributed by atoms with Gasteiger partial charge >= 0.3 is 0 Å². The van der Waals surface area contributed by atoms with Crippen LogP contribution in [0.4, 0.5) is 17.1 Å². The first-order valence-electron chi connectivity index (χ1n) is 16.9. The zero-order valence-electron chi connectivity index (χ0n) is 27.3. The van der Waals surface area contributed by atoms with E-state index in [9.17, 15) is 0 Å². The zero-order valence-corrected chi connectivity index (χ0v) is 28.1. The predicted octanol–water partition coefficient (Wildman–Crippen LogP) is 12.4. The number of para-hydroxylation sites is 2. The number of anilines is 3. The number of rotatable bonds is 5. The summed E-state index contributed by atoms with van der Waals surface area (Å²) in [5.74, 6) is 1.91. The molecule has 0 saturated carbocycles. The van der Waals surface area contributed by atoms with Gasteiger partial charge in [0.25, 0.3) is 0 Å². The molecule has 6 heteroatoms. The molecule has 3 heterocycles. The van der Waals surface area contributed by atoms with E-state index in [1.54, 1.807) is 0 Å². The van der Waals surface area contributed by atoms with Gasteiger partial charge in [-0.1, -0.05) is 127 Å². The smallest absolute Gasteiger partial charge is 0.164 e. The van der Waals surface area contributed by atoms with Crippen molar-refractivity contribution in [3.8, 4) is 45.3 Å². The van der Waals surface area contributed by atoms with E-state index in [1.165, 1.54) is 21.2 Å². The van der Waals surface area contributed by atoms with Crippen LogP contribution in [0.15, 0.2) is 184 Å². The third-order valence-corrected chi connectivity index (χ3v) is 10.4.